The molecule has 0 aliphatic heterocycles. The van der Waals surface area contributed by atoms with Crippen LogP contribution in [0, 0.1) is 6.92 Å². The van der Waals surface area contributed by atoms with Crippen LogP contribution in [0.1, 0.15) is 58.4 Å². The van der Waals surface area contributed by atoms with Crippen molar-refractivity contribution in [3.8, 4) is 5.75 Å². The molecule has 0 bridgehead atoms. The van der Waals surface area contributed by atoms with Gasteiger partial charge in [-0.1, -0.05) is 19.3 Å². The Kier molecular flexibility index (Phi) is 6.69. The molecule has 1 fully saturated rings. The zero-order valence-corrected chi connectivity index (χ0v) is 16.9. The maximum atomic E-state index is 12.6. The van der Waals surface area contributed by atoms with Gasteiger partial charge >= 0.3 is 0 Å². The first kappa shape index (κ1) is 20.7. The molecule has 146 valence electrons. The van der Waals surface area contributed by atoms with Gasteiger partial charge < -0.3 is 10.1 Å². The number of sulfonamides is 1. The summed E-state index contributed by atoms with van der Waals surface area (Å²) in [6.07, 6.45) is 5.09. The molecule has 0 unspecified atom stereocenters. The average molecular weight is 383 g/mol. The Morgan fingerprint density at radius 3 is 2.42 bits per heavy atom. The fraction of sp³-hybridized carbons (Fsp3) is 0.632. The van der Waals surface area contributed by atoms with Crippen LogP contribution in [-0.2, 0) is 14.8 Å². The number of benzene rings is 1. The molecule has 0 heterocycles. The third-order valence-corrected chi connectivity index (χ3v) is 5.78. The summed E-state index contributed by atoms with van der Waals surface area (Å²) in [5.41, 5.74) is 0.359. The van der Waals surface area contributed by atoms with Crippen LogP contribution in [0.5, 0.6) is 5.75 Å². The summed E-state index contributed by atoms with van der Waals surface area (Å²) >= 11 is 0. The molecule has 1 aromatic rings. The number of hydrogen-bond donors (Lipinski definition) is 2. The van der Waals surface area contributed by atoms with Crippen LogP contribution in [0.15, 0.2) is 23.1 Å². The third kappa shape index (κ3) is 6.29. The second-order valence-corrected chi connectivity index (χ2v) is 9.68. The summed E-state index contributed by atoms with van der Waals surface area (Å²) in [7, 11) is -3.54. The SMILES string of the molecule is Cc1cc(S(=O)(=O)NC2CCCCC2)ccc1OCC(=O)NC(C)(C)C. The number of carbonyl (C=O) groups excluding carboxylic acids is 1. The van der Waals surface area contributed by atoms with E-state index >= 15 is 0 Å². The minimum Gasteiger partial charge on any atom is -0.484 e. The van der Waals surface area contributed by atoms with E-state index in [0.717, 1.165) is 25.7 Å². The number of amides is 1. The largest absolute Gasteiger partial charge is 0.484 e. The Bertz CT molecular complexity index is 732. The minimum atomic E-state index is -3.54. The van der Waals surface area contributed by atoms with Gasteiger partial charge in [0.25, 0.3) is 5.91 Å². The van der Waals surface area contributed by atoms with Gasteiger partial charge in [0.1, 0.15) is 5.75 Å². The molecular weight excluding hydrogens is 352 g/mol. The van der Waals surface area contributed by atoms with E-state index in [0.29, 0.717) is 11.3 Å². The predicted octanol–water partition coefficient (Wildman–Crippen LogP) is 2.90. The van der Waals surface area contributed by atoms with Crippen molar-refractivity contribution < 1.29 is 17.9 Å². The van der Waals surface area contributed by atoms with Crippen LogP contribution in [-0.4, -0.2) is 32.5 Å². The van der Waals surface area contributed by atoms with Gasteiger partial charge in [-0.2, -0.15) is 0 Å². The molecule has 0 saturated heterocycles. The fourth-order valence-corrected chi connectivity index (χ4v) is 4.45. The van der Waals surface area contributed by atoms with Crippen LogP contribution in [0.3, 0.4) is 0 Å². The first-order chi connectivity index (χ1) is 12.1. The van der Waals surface area contributed by atoms with Crippen LogP contribution < -0.4 is 14.8 Å². The molecular formula is C19H30N2O4S. The third-order valence-electron chi connectivity index (χ3n) is 4.26. The van der Waals surface area contributed by atoms with Crippen molar-refractivity contribution in [3.05, 3.63) is 23.8 Å². The number of rotatable bonds is 6. The van der Waals surface area contributed by atoms with Crippen LogP contribution in [0.25, 0.3) is 0 Å². The number of nitrogens with one attached hydrogen (secondary N) is 2. The highest BCUT2D eigenvalue weighted by Gasteiger charge is 2.22. The highest BCUT2D eigenvalue weighted by Crippen LogP contribution is 2.24. The van der Waals surface area contributed by atoms with Crippen LogP contribution in [0.2, 0.25) is 0 Å². The van der Waals surface area contributed by atoms with Crippen LogP contribution in [0.4, 0.5) is 0 Å². The monoisotopic (exact) mass is 382 g/mol. The van der Waals surface area contributed by atoms with Gasteiger partial charge in [0.05, 0.1) is 4.90 Å². The summed E-state index contributed by atoms with van der Waals surface area (Å²) in [4.78, 5) is 12.1. The summed E-state index contributed by atoms with van der Waals surface area (Å²) in [5, 5.41) is 2.82. The van der Waals surface area contributed by atoms with Crippen molar-refractivity contribution in [3.63, 3.8) is 0 Å². The Labute approximate surface area is 156 Å². The van der Waals surface area contributed by atoms with E-state index in [1.165, 1.54) is 12.5 Å². The van der Waals surface area contributed by atoms with E-state index in [2.05, 4.69) is 10.0 Å². The van der Waals surface area contributed by atoms with Gasteiger partial charge in [0, 0.05) is 11.6 Å². The van der Waals surface area contributed by atoms with Crippen molar-refractivity contribution >= 4 is 15.9 Å². The van der Waals surface area contributed by atoms with E-state index in [9.17, 15) is 13.2 Å². The molecule has 0 aromatic heterocycles. The van der Waals surface area contributed by atoms with Gasteiger partial charge in [-0.3, -0.25) is 4.79 Å². The van der Waals surface area contributed by atoms with Crippen molar-refractivity contribution in [1.29, 1.82) is 0 Å². The van der Waals surface area contributed by atoms with Crippen molar-refractivity contribution in [2.24, 2.45) is 0 Å². The Morgan fingerprint density at radius 2 is 1.85 bits per heavy atom. The maximum Gasteiger partial charge on any atom is 0.258 e. The molecule has 1 aromatic carbocycles. The lowest BCUT2D eigenvalue weighted by Gasteiger charge is -2.23. The highest BCUT2D eigenvalue weighted by atomic mass is 32.2. The van der Waals surface area contributed by atoms with Crippen molar-refractivity contribution in [2.45, 2.75) is 76.3 Å². The van der Waals surface area contributed by atoms with Gasteiger partial charge in [0.2, 0.25) is 10.0 Å². The van der Waals surface area contributed by atoms with E-state index in [1.54, 1.807) is 19.1 Å². The number of carbonyl (C=O) groups is 1. The van der Waals surface area contributed by atoms with E-state index < -0.39 is 10.0 Å². The van der Waals surface area contributed by atoms with Crippen LogP contribution >= 0.6 is 0 Å². The van der Waals surface area contributed by atoms with Gasteiger partial charge in [-0.25, -0.2) is 13.1 Å². The molecule has 1 saturated carbocycles. The summed E-state index contributed by atoms with van der Waals surface area (Å²) in [6.45, 7) is 7.36. The quantitative estimate of drug-likeness (QED) is 0.792. The number of hydrogen-bond acceptors (Lipinski definition) is 4. The Balaban J connectivity index is 2.00. The standard InChI is InChI=1S/C19H30N2O4S/c1-14-12-16(26(23,24)21-15-8-6-5-7-9-15)10-11-17(14)25-13-18(22)20-19(2,3)4/h10-12,15,21H,5-9,13H2,1-4H3,(H,20,22). The maximum absolute atomic E-state index is 12.6. The van der Waals surface area contributed by atoms with Crippen molar-refractivity contribution in [2.75, 3.05) is 6.61 Å². The molecule has 0 atom stereocenters. The molecule has 2 N–H and O–H groups in total. The topological polar surface area (TPSA) is 84.5 Å². The zero-order chi connectivity index (χ0) is 19.4. The predicted molar refractivity (Wildman–Crippen MR) is 102 cm³/mol. The highest BCUT2D eigenvalue weighted by molar-refractivity contribution is 7.89. The summed E-state index contributed by atoms with van der Waals surface area (Å²) in [6, 6.07) is 4.73. The second kappa shape index (κ2) is 8.39. The fourth-order valence-electron chi connectivity index (χ4n) is 3.06. The van der Waals surface area contributed by atoms with E-state index in [4.69, 9.17) is 4.74 Å². The molecule has 6 nitrogen and oxygen atoms in total. The molecule has 7 heteroatoms. The first-order valence-electron chi connectivity index (χ1n) is 9.14. The van der Waals surface area contributed by atoms with E-state index in [1.807, 2.05) is 20.8 Å². The second-order valence-electron chi connectivity index (χ2n) is 7.97. The Hall–Kier alpha value is -1.60. The average Bonchev–Trinajstić information content (AvgIpc) is 2.52. The first-order valence-corrected chi connectivity index (χ1v) is 10.6. The summed E-state index contributed by atoms with van der Waals surface area (Å²) < 4.78 is 33.5. The smallest absolute Gasteiger partial charge is 0.258 e. The molecule has 0 radical (unpaired) electrons. The molecule has 1 amide bonds. The molecule has 26 heavy (non-hydrogen) atoms. The lowest BCUT2D eigenvalue weighted by Crippen LogP contribution is -2.43. The van der Waals surface area contributed by atoms with Gasteiger partial charge in [-0.15, -0.1) is 0 Å². The number of aryl methyl sites for hydroxylation is 1. The molecule has 2 rings (SSSR count). The summed E-state index contributed by atoms with van der Waals surface area (Å²) in [5.74, 6) is 0.290. The molecule has 1 aliphatic carbocycles. The lowest BCUT2D eigenvalue weighted by molar-refractivity contribution is -0.124. The Morgan fingerprint density at radius 1 is 1.19 bits per heavy atom. The normalized spacial score (nSPS) is 16.3. The van der Waals surface area contributed by atoms with E-state index in [-0.39, 0.29) is 29.0 Å². The molecule has 0 spiro atoms. The molecule has 1 aliphatic rings. The van der Waals surface area contributed by atoms with Gasteiger partial charge in [0.15, 0.2) is 6.61 Å². The number of ether oxygens (including phenoxy) is 1. The van der Waals surface area contributed by atoms with Crippen molar-refractivity contribution in [1.82, 2.24) is 10.0 Å². The zero-order valence-electron chi connectivity index (χ0n) is 16.1. The lowest BCUT2D eigenvalue weighted by atomic mass is 9.96. The van der Waals surface area contributed by atoms with Gasteiger partial charge in [-0.05, 0) is 64.3 Å². The minimum absolute atomic E-state index is 0.0195.